The SMILES string of the molecule is C/C(=N\NC(=O)c1c(I)cnn1C)c1cc(O)ccc1O. The number of hydrazone groups is 1. The van der Waals surface area contributed by atoms with Crippen molar-refractivity contribution in [3.8, 4) is 11.5 Å². The van der Waals surface area contributed by atoms with Crippen molar-refractivity contribution in [2.75, 3.05) is 0 Å². The van der Waals surface area contributed by atoms with Crippen molar-refractivity contribution in [3.05, 3.63) is 39.2 Å². The highest BCUT2D eigenvalue weighted by Gasteiger charge is 2.15. The van der Waals surface area contributed by atoms with E-state index < -0.39 is 5.91 Å². The molecule has 1 aromatic carbocycles. The number of aromatic hydroxyl groups is 2. The fourth-order valence-electron chi connectivity index (χ4n) is 1.73. The Balaban J connectivity index is 2.21. The van der Waals surface area contributed by atoms with Gasteiger partial charge in [-0.1, -0.05) is 0 Å². The van der Waals surface area contributed by atoms with Gasteiger partial charge in [0.05, 0.1) is 15.5 Å². The minimum absolute atomic E-state index is 0.00450. The molecule has 1 amide bonds. The Morgan fingerprint density at radius 1 is 1.43 bits per heavy atom. The van der Waals surface area contributed by atoms with Crippen LogP contribution in [0.15, 0.2) is 29.5 Å². The van der Waals surface area contributed by atoms with Gasteiger partial charge >= 0.3 is 0 Å². The summed E-state index contributed by atoms with van der Waals surface area (Å²) in [6.07, 6.45) is 1.58. The lowest BCUT2D eigenvalue weighted by molar-refractivity contribution is 0.0944. The Morgan fingerprint density at radius 2 is 2.14 bits per heavy atom. The Bertz CT molecular complexity index is 705. The molecule has 1 aromatic heterocycles. The molecule has 0 unspecified atom stereocenters. The van der Waals surface area contributed by atoms with Crippen LogP contribution < -0.4 is 5.43 Å². The summed E-state index contributed by atoms with van der Waals surface area (Å²) in [6.45, 7) is 1.61. The molecule has 7 nitrogen and oxygen atoms in total. The number of carbonyl (C=O) groups is 1. The maximum absolute atomic E-state index is 12.0. The molecule has 3 N–H and O–H groups in total. The molecular formula is C13H13IN4O3. The summed E-state index contributed by atoms with van der Waals surface area (Å²) in [5.41, 5.74) is 3.51. The van der Waals surface area contributed by atoms with Gasteiger partial charge in [0.2, 0.25) is 0 Å². The lowest BCUT2D eigenvalue weighted by Gasteiger charge is -2.06. The second-order valence-electron chi connectivity index (χ2n) is 4.30. The van der Waals surface area contributed by atoms with E-state index in [0.717, 1.165) is 0 Å². The summed E-state index contributed by atoms with van der Waals surface area (Å²) in [6, 6.07) is 4.09. The highest BCUT2D eigenvalue weighted by atomic mass is 127. The predicted octanol–water partition coefficient (Wildman–Crippen LogP) is 1.59. The number of aryl methyl sites for hydroxylation is 1. The van der Waals surface area contributed by atoms with E-state index in [1.165, 1.54) is 22.9 Å². The topological polar surface area (TPSA) is 99.7 Å². The van der Waals surface area contributed by atoms with E-state index >= 15 is 0 Å². The third-order valence-electron chi connectivity index (χ3n) is 2.80. The number of hydrogen-bond acceptors (Lipinski definition) is 5. The molecule has 2 aromatic rings. The number of aromatic nitrogens is 2. The zero-order chi connectivity index (χ0) is 15.6. The second-order valence-corrected chi connectivity index (χ2v) is 5.47. The first-order chi connectivity index (χ1) is 9.90. The van der Waals surface area contributed by atoms with E-state index in [1.54, 1.807) is 20.2 Å². The highest BCUT2D eigenvalue weighted by Crippen LogP contribution is 2.22. The summed E-state index contributed by atoms with van der Waals surface area (Å²) in [4.78, 5) is 12.0. The van der Waals surface area contributed by atoms with Crippen LogP contribution in [0.5, 0.6) is 11.5 Å². The first-order valence-corrected chi connectivity index (χ1v) is 7.02. The first kappa shape index (κ1) is 15.3. The molecular weight excluding hydrogens is 387 g/mol. The maximum atomic E-state index is 12.0. The van der Waals surface area contributed by atoms with E-state index in [-0.39, 0.29) is 11.5 Å². The normalized spacial score (nSPS) is 11.5. The van der Waals surface area contributed by atoms with E-state index in [2.05, 4.69) is 15.6 Å². The zero-order valence-corrected chi connectivity index (χ0v) is 13.5. The standard InChI is InChI=1S/C13H13IN4O3/c1-7(9-5-8(19)3-4-11(9)20)16-17-13(21)12-10(14)6-15-18(12)2/h3-6,19-20H,1-2H3,(H,17,21)/b16-7+. The minimum Gasteiger partial charge on any atom is -0.508 e. The highest BCUT2D eigenvalue weighted by molar-refractivity contribution is 14.1. The number of rotatable bonds is 3. The van der Waals surface area contributed by atoms with Gasteiger partial charge in [0, 0.05) is 12.6 Å². The predicted molar refractivity (Wildman–Crippen MR) is 85.4 cm³/mol. The maximum Gasteiger partial charge on any atom is 0.290 e. The number of benzene rings is 1. The monoisotopic (exact) mass is 400 g/mol. The summed E-state index contributed by atoms with van der Waals surface area (Å²) >= 11 is 2.01. The lowest BCUT2D eigenvalue weighted by Crippen LogP contribution is -2.23. The van der Waals surface area contributed by atoms with Gasteiger partial charge < -0.3 is 10.2 Å². The number of nitrogens with zero attached hydrogens (tertiary/aromatic N) is 3. The van der Waals surface area contributed by atoms with Crippen molar-refractivity contribution >= 4 is 34.2 Å². The van der Waals surface area contributed by atoms with Gasteiger partial charge in [0.1, 0.15) is 17.2 Å². The third-order valence-corrected chi connectivity index (χ3v) is 3.59. The van der Waals surface area contributed by atoms with Crippen LogP contribution in [0.1, 0.15) is 23.0 Å². The molecule has 0 aliphatic carbocycles. The molecule has 2 rings (SSSR count). The van der Waals surface area contributed by atoms with Crippen molar-refractivity contribution in [3.63, 3.8) is 0 Å². The van der Waals surface area contributed by atoms with Crippen molar-refractivity contribution in [2.24, 2.45) is 12.1 Å². The van der Waals surface area contributed by atoms with Crippen LogP contribution in [-0.2, 0) is 7.05 Å². The van der Waals surface area contributed by atoms with Gasteiger partial charge in [-0.25, -0.2) is 5.43 Å². The van der Waals surface area contributed by atoms with Gasteiger partial charge in [0.25, 0.3) is 5.91 Å². The molecule has 21 heavy (non-hydrogen) atoms. The summed E-state index contributed by atoms with van der Waals surface area (Å²) in [7, 11) is 1.66. The third kappa shape index (κ3) is 3.32. The number of phenolic OH excluding ortho intramolecular Hbond substituents is 2. The van der Waals surface area contributed by atoms with E-state index in [4.69, 9.17) is 0 Å². The van der Waals surface area contributed by atoms with Gasteiger partial charge in [-0.15, -0.1) is 0 Å². The molecule has 0 aliphatic heterocycles. The molecule has 0 radical (unpaired) electrons. The average molecular weight is 400 g/mol. The van der Waals surface area contributed by atoms with Gasteiger partial charge in [0.15, 0.2) is 0 Å². The summed E-state index contributed by atoms with van der Waals surface area (Å²) in [5.74, 6) is -0.429. The van der Waals surface area contributed by atoms with Crippen LogP contribution in [0, 0.1) is 3.57 Å². The molecule has 8 heteroatoms. The Hall–Kier alpha value is -2.10. The lowest BCUT2D eigenvalue weighted by atomic mass is 10.1. The first-order valence-electron chi connectivity index (χ1n) is 5.94. The van der Waals surface area contributed by atoms with Gasteiger partial charge in [-0.3, -0.25) is 9.48 Å². The smallest absolute Gasteiger partial charge is 0.290 e. The number of phenols is 2. The number of halogens is 1. The van der Waals surface area contributed by atoms with Crippen molar-refractivity contribution in [2.45, 2.75) is 6.92 Å². The van der Waals surface area contributed by atoms with Gasteiger partial charge in [-0.05, 0) is 47.7 Å². The second kappa shape index (κ2) is 6.12. The number of hydrogen-bond donors (Lipinski definition) is 3. The van der Waals surface area contributed by atoms with E-state index in [9.17, 15) is 15.0 Å². The quantitative estimate of drug-likeness (QED) is 0.315. The van der Waals surface area contributed by atoms with Crippen LogP contribution in [-0.4, -0.2) is 31.6 Å². The van der Waals surface area contributed by atoms with Gasteiger partial charge in [-0.2, -0.15) is 10.2 Å². The number of nitrogens with one attached hydrogen (secondary N) is 1. The molecule has 1 heterocycles. The average Bonchev–Trinajstić information content (AvgIpc) is 2.78. The molecule has 0 saturated heterocycles. The van der Waals surface area contributed by atoms with Crippen molar-refractivity contribution in [1.29, 1.82) is 0 Å². The van der Waals surface area contributed by atoms with Crippen LogP contribution >= 0.6 is 22.6 Å². The molecule has 0 spiro atoms. The van der Waals surface area contributed by atoms with Crippen molar-refractivity contribution < 1.29 is 15.0 Å². The molecule has 0 fully saturated rings. The molecule has 0 saturated carbocycles. The largest absolute Gasteiger partial charge is 0.508 e. The Labute approximate surface area is 134 Å². The fourth-order valence-corrected chi connectivity index (χ4v) is 2.45. The van der Waals surface area contributed by atoms with Crippen molar-refractivity contribution in [1.82, 2.24) is 15.2 Å². The Morgan fingerprint density at radius 3 is 2.76 bits per heavy atom. The van der Waals surface area contributed by atoms with E-state index in [1.807, 2.05) is 22.6 Å². The number of amides is 1. The van der Waals surface area contributed by atoms with Crippen LogP contribution in [0.2, 0.25) is 0 Å². The molecule has 0 aliphatic rings. The zero-order valence-electron chi connectivity index (χ0n) is 11.3. The molecule has 0 atom stereocenters. The molecule has 110 valence electrons. The number of carbonyl (C=O) groups excluding carboxylic acids is 1. The molecule has 0 bridgehead atoms. The summed E-state index contributed by atoms with van der Waals surface area (Å²) in [5, 5.41) is 27.1. The van der Waals surface area contributed by atoms with Crippen LogP contribution in [0.4, 0.5) is 0 Å². The van der Waals surface area contributed by atoms with Crippen LogP contribution in [0.3, 0.4) is 0 Å². The Kier molecular flexibility index (Phi) is 4.46. The van der Waals surface area contributed by atoms with Crippen LogP contribution in [0.25, 0.3) is 0 Å². The fraction of sp³-hybridized carbons (Fsp3) is 0.154. The van der Waals surface area contributed by atoms with E-state index in [0.29, 0.717) is 20.5 Å². The summed E-state index contributed by atoms with van der Waals surface area (Å²) < 4.78 is 2.16. The minimum atomic E-state index is -0.404.